The summed E-state index contributed by atoms with van der Waals surface area (Å²) < 4.78 is 1.92. The number of rotatable bonds is 3. The molecule has 0 unspecified atom stereocenters. The summed E-state index contributed by atoms with van der Waals surface area (Å²) in [5.41, 5.74) is 1.98. The summed E-state index contributed by atoms with van der Waals surface area (Å²) in [6, 6.07) is 6.07. The van der Waals surface area contributed by atoms with E-state index in [-0.39, 0.29) is 5.54 Å². The Hall–Kier alpha value is -1.46. The molecule has 134 valence electrons. The highest BCUT2D eigenvalue weighted by Gasteiger charge is 2.46. The van der Waals surface area contributed by atoms with Gasteiger partial charge in [0.15, 0.2) is 5.82 Å². The average Bonchev–Trinajstić information content (AvgIpc) is 3.30. The summed E-state index contributed by atoms with van der Waals surface area (Å²) >= 11 is 6.36. The van der Waals surface area contributed by atoms with Crippen molar-refractivity contribution in [1.29, 1.82) is 0 Å². The van der Waals surface area contributed by atoms with Crippen LogP contribution in [0.3, 0.4) is 0 Å². The largest absolute Gasteiger partial charge is 0.291 e. The Kier molecular flexibility index (Phi) is 4.54. The molecule has 0 spiro atoms. The molecule has 4 rings (SSSR count). The number of aryl methyl sites for hydroxylation is 1. The fourth-order valence-corrected chi connectivity index (χ4v) is 4.61. The standard InChI is InChI=1S/C19H26ClN5/c1-14-7-9-19(10-8-14,24-11-3-4-12-24)18-21-22-23-25(18)16-6-5-15(2)17(20)13-16/h5-6,13-14H,3-4,7-12H2,1-2H3. The molecule has 25 heavy (non-hydrogen) atoms. The normalized spacial score (nSPS) is 27.7. The molecule has 0 atom stereocenters. The highest BCUT2D eigenvalue weighted by atomic mass is 35.5. The summed E-state index contributed by atoms with van der Waals surface area (Å²) in [6.45, 7) is 6.67. The van der Waals surface area contributed by atoms with E-state index >= 15 is 0 Å². The third kappa shape index (κ3) is 2.97. The molecule has 1 saturated carbocycles. The van der Waals surface area contributed by atoms with Gasteiger partial charge in [-0.3, -0.25) is 4.90 Å². The monoisotopic (exact) mass is 359 g/mol. The molecule has 1 aliphatic carbocycles. The Morgan fingerprint density at radius 1 is 1.16 bits per heavy atom. The lowest BCUT2D eigenvalue weighted by Gasteiger charge is -2.44. The lowest BCUT2D eigenvalue weighted by atomic mass is 9.75. The molecule has 2 heterocycles. The average molecular weight is 360 g/mol. The third-order valence-corrected chi connectivity index (χ3v) is 6.51. The van der Waals surface area contributed by atoms with Crippen molar-refractivity contribution in [3.05, 3.63) is 34.6 Å². The fraction of sp³-hybridized carbons (Fsp3) is 0.632. The molecule has 1 aliphatic heterocycles. The van der Waals surface area contributed by atoms with Gasteiger partial charge in [-0.1, -0.05) is 24.6 Å². The Morgan fingerprint density at radius 3 is 2.56 bits per heavy atom. The third-order valence-electron chi connectivity index (χ3n) is 6.10. The Balaban J connectivity index is 1.78. The van der Waals surface area contributed by atoms with Crippen molar-refractivity contribution in [3.63, 3.8) is 0 Å². The van der Waals surface area contributed by atoms with Crippen molar-refractivity contribution in [1.82, 2.24) is 25.1 Å². The van der Waals surface area contributed by atoms with Gasteiger partial charge in [0, 0.05) is 5.02 Å². The van der Waals surface area contributed by atoms with Crippen molar-refractivity contribution < 1.29 is 0 Å². The highest BCUT2D eigenvalue weighted by Crippen LogP contribution is 2.45. The summed E-state index contributed by atoms with van der Waals surface area (Å²) in [5, 5.41) is 13.7. The van der Waals surface area contributed by atoms with Gasteiger partial charge in [-0.2, -0.15) is 4.68 Å². The van der Waals surface area contributed by atoms with Gasteiger partial charge in [0.2, 0.25) is 0 Å². The molecule has 2 fully saturated rings. The minimum atomic E-state index is -0.0378. The highest BCUT2D eigenvalue weighted by molar-refractivity contribution is 6.31. The van der Waals surface area contributed by atoms with E-state index in [4.69, 9.17) is 11.6 Å². The van der Waals surface area contributed by atoms with E-state index in [0.717, 1.165) is 53.9 Å². The number of hydrogen-bond acceptors (Lipinski definition) is 4. The summed E-state index contributed by atoms with van der Waals surface area (Å²) in [7, 11) is 0. The van der Waals surface area contributed by atoms with E-state index in [1.807, 2.05) is 23.7 Å². The number of nitrogens with zero attached hydrogens (tertiary/aromatic N) is 5. The second-order valence-electron chi connectivity index (χ2n) is 7.76. The van der Waals surface area contributed by atoms with Crippen LogP contribution in [-0.2, 0) is 5.54 Å². The molecular weight excluding hydrogens is 334 g/mol. The quantitative estimate of drug-likeness (QED) is 0.826. The molecule has 0 N–H and O–H groups in total. The first-order valence-corrected chi connectivity index (χ1v) is 9.78. The minimum Gasteiger partial charge on any atom is -0.291 e. The fourth-order valence-electron chi connectivity index (χ4n) is 4.43. The van der Waals surface area contributed by atoms with E-state index in [2.05, 4.69) is 33.4 Å². The van der Waals surface area contributed by atoms with Gasteiger partial charge in [0.05, 0.1) is 11.2 Å². The van der Waals surface area contributed by atoms with Crippen LogP contribution in [0.1, 0.15) is 56.8 Å². The van der Waals surface area contributed by atoms with E-state index < -0.39 is 0 Å². The Morgan fingerprint density at radius 2 is 1.88 bits per heavy atom. The number of benzene rings is 1. The van der Waals surface area contributed by atoms with Crippen LogP contribution in [0.25, 0.3) is 5.69 Å². The van der Waals surface area contributed by atoms with Gasteiger partial charge in [-0.15, -0.1) is 5.10 Å². The first kappa shape index (κ1) is 17.0. The Bertz CT molecular complexity index is 742. The molecule has 2 aliphatic rings. The van der Waals surface area contributed by atoms with Gasteiger partial charge in [-0.05, 0) is 92.6 Å². The second kappa shape index (κ2) is 6.69. The first-order valence-electron chi connectivity index (χ1n) is 9.40. The van der Waals surface area contributed by atoms with Gasteiger partial charge >= 0.3 is 0 Å². The van der Waals surface area contributed by atoms with E-state index in [1.54, 1.807) is 0 Å². The predicted molar refractivity (Wildman–Crippen MR) is 99.0 cm³/mol. The number of likely N-dealkylation sites (tertiary alicyclic amines) is 1. The van der Waals surface area contributed by atoms with Gasteiger partial charge in [0.1, 0.15) is 0 Å². The maximum atomic E-state index is 6.36. The predicted octanol–water partition coefficient (Wildman–Crippen LogP) is 4.13. The van der Waals surface area contributed by atoms with Crippen molar-refractivity contribution in [2.45, 2.75) is 57.9 Å². The maximum Gasteiger partial charge on any atom is 0.176 e. The van der Waals surface area contributed by atoms with Crippen molar-refractivity contribution in [2.24, 2.45) is 5.92 Å². The molecule has 0 amide bonds. The first-order chi connectivity index (χ1) is 12.1. The maximum absolute atomic E-state index is 6.36. The van der Waals surface area contributed by atoms with Crippen LogP contribution >= 0.6 is 11.6 Å². The van der Waals surface area contributed by atoms with Crippen molar-refractivity contribution >= 4 is 11.6 Å². The van der Waals surface area contributed by atoms with Crippen LogP contribution < -0.4 is 0 Å². The van der Waals surface area contributed by atoms with E-state index in [0.29, 0.717) is 0 Å². The summed E-state index contributed by atoms with van der Waals surface area (Å²) in [5.74, 6) is 1.77. The zero-order valence-electron chi connectivity index (χ0n) is 15.1. The zero-order chi connectivity index (χ0) is 17.4. The molecule has 5 nitrogen and oxygen atoms in total. The van der Waals surface area contributed by atoms with Crippen LogP contribution in [0.4, 0.5) is 0 Å². The van der Waals surface area contributed by atoms with Gasteiger partial charge in [0.25, 0.3) is 0 Å². The zero-order valence-corrected chi connectivity index (χ0v) is 15.8. The van der Waals surface area contributed by atoms with Gasteiger partial charge < -0.3 is 0 Å². The van der Waals surface area contributed by atoms with Crippen molar-refractivity contribution in [2.75, 3.05) is 13.1 Å². The molecule has 1 aromatic carbocycles. The topological polar surface area (TPSA) is 46.8 Å². The molecule has 0 bridgehead atoms. The number of aromatic nitrogens is 4. The lowest BCUT2D eigenvalue weighted by Crippen LogP contribution is -2.48. The molecule has 1 saturated heterocycles. The summed E-state index contributed by atoms with van der Waals surface area (Å²) in [6.07, 6.45) is 7.28. The molecule has 6 heteroatoms. The van der Waals surface area contributed by atoms with Crippen LogP contribution in [0.5, 0.6) is 0 Å². The molecule has 0 radical (unpaired) electrons. The SMILES string of the molecule is Cc1ccc(-n2nnnc2C2(N3CCCC3)CCC(C)CC2)cc1Cl. The van der Waals surface area contributed by atoms with Crippen LogP contribution in [0.2, 0.25) is 5.02 Å². The lowest BCUT2D eigenvalue weighted by molar-refractivity contribution is 0.0455. The summed E-state index contributed by atoms with van der Waals surface area (Å²) in [4.78, 5) is 2.64. The van der Waals surface area contributed by atoms with Crippen molar-refractivity contribution in [3.8, 4) is 5.69 Å². The van der Waals surface area contributed by atoms with Crippen LogP contribution in [0, 0.1) is 12.8 Å². The number of hydrogen-bond donors (Lipinski definition) is 0. The number of halogens is 1. The van der Waals surface area contributed by atoms with Gasteiger partial charge in [-0.25, -0.2) is 0 Å². The smallest absolute Gasteiger partial charge is 0.176 e. The second-order valence-corrected chi connectivity index (χ2v) is 8.16. The molecular formula is C19H26ClN5. The minimum absolute atomic E-state index is 0.0378. The molecule has 1 aromatic heterocycles. The number of tetrazole rings is 1. The van der Waals surface area contributed by atoms with E-state index in [9.17, 15) is 0 Å². The van der Waals surface area contributed by atoms with Crippen LogP contribution in [-0.4, -0.2) is 38.2 Å². The molecule has 2 aromatic rings. The Labute approximate surface area is 154 Å². The van der Waals surface area contributed by atoms with E-state index in [1.165, 1.54) is 25.7 Å². The van der Waals surface area contributed by atoms with Crippen LogP contribution in [0.15, 0.2) is 18.2 Å².